The molecule has 0 unspecified atom stereocenters. The number of benzene rings is 1. The van der Waals surface area contributed by atoms with Gasteiger partial charge in [-0.3, -0.25) is 0 Å². The van der Waals surface area contributed by atoms with E-state index in [4.69, 9.17) is 0 Å². The zero-order chi connectivity index (χ0) is 13.9. The number of nitrogens with zero attached hydrogens (tertiary/aromatic N) is 2. The number of aromatic nitrogens is 2. The minimum absolute atomic E-state index is 0.697. The first-order valence-electron chi connectivity index (χ1n) is 6.72. The van der Waals surface area contributed by atoms with E-state index in [9.17, 15) is 0 Å². The van der Waals surface area contributed by atoms with Gasteiger partial charge in [-0.2, -0.15) is 0 Å². The number of rotatable bonds is 4. The van der Waals surface area contributed by atoms with Gasteiger partial charge in [0.15, 0.2) is 0 Å². The van der Waals surface area contributed by atoms with Gasteiger partial charge in [-0.05, 0) is 52.2 Å². The van der Waals surface area contributed by atoms with Crippen LogP contribution in [0.3, 0.4) is 0 Å². The third kappa shape index (κ3) is 2.56. The highest BCUT2D eigenvalue weighted by Gasteiger charge is 2.07. The fourth-order valence-corrected chi connectivity index (χ4v) is 2.75. The molecule has 0 aliphatic heterocycles. The number of fused-ring (bicyclic) bond motifs is 1. The molecule has 2 aromatic heterocycles. The predicted molar refractivity (Wildman–Crippen MR) is 86.0 cm³/mol. The summed E-state index contributed by atoms with van der Waals surface area (Å²) in [7, 11) is 0. The standard InChI is InChI=1S/C16H16BrN3/c1-2-12-6-8-13(9-7-12)18-11-15-19-16(17)14-5-3-4-10-20(14)15/h3-10,18H,2,11H2,1H3. The van der Waals surface area contributed by atoms with Crippen molar-refractivity contribution in [2.45, 2.75) is 19.9 Å². The summed E-state index contributed by atoms with van der Waals surface area (Å²) in [6.45, 7) is 2.86. The van der Waals surface area contributed by atoms with Crippen LogP contribution in [-0.4, -0.2) is 9.38 Å². The molecule has 0 bridgehead atoms. The van der Waals surface area contributed by atoms with Crippen LogP contribution < -0.4 is 5.32 Å². The molecule has 0 aliphatic carbocycles. The van der Waals surface area contributed by atoms with Gasteiger partial charge in [-0.15, -0.1) is 0 Å². The largest absolute Gasteiger partial charge is 0.378 e. The number of pyridine rings is 1. The molecule has 0 fully saturated rings. The van der Waals surface area contributed by atoms with Crippen molar-refractivity contribution in [2.75, 3.05) is 5.32 Å². The fourth-order valence-electron chi connectivity index (χ4n) is 2.22. The molecular weight excluding hydrogens is 314 g/mol. The fraction of sp³-hybridized carbons (Fsp3) is 0.188. The highest BCUT2D eigenvalue weighted by molar-refractivity contribution is 9.10. The molecule has 1 N–H and O–H groups in total. The minimum atomic E-state index is 0.697. The summed E-state index contributed by atoms with van der Waals surface area (Å²) >= 11 is 3.50. The lowest BCUT2D eigenvalue weighted by molar-refractivity contribution is 0.940. The van der Waals surface area contributed by atoms with Crippen molar-refractivity contribution in [1.82, 2.24) is 9.38 Å². The van der Waals surface area contributed by atoms with Crippen molar-refractivity contribution in [3.05, 3.63) is 64.7 Å². The molecule has 0 saturated carbocycles. The molecule has 3 aromatic rings. The smallest absolute Gasteiger partial charge is 0.134 e. The van der Waals surface area contributed by atoms with Gasteiger partial charge >= 0.3 is 0 Å². The second-order valence-electron chi connectivity index (χ2n) is 4.68. The Morgan fingerprint density at radius 3 is 2.70 bits per heavy atom. The highest BCUT2D eigenvalue weighted by Crippen LogP contribution is 2.19. The minimum Gasteiger partial charge on any atom is -0.378 e. The third-order valence-electron chi connectivity index (χ3n) is 3.39. The van der Waals surface area contributed by atoms with Crippen molar-refractivity contribution in [3.63, 3.8) is 0 Å². The number of aryl methyl sites for hydroxylation is 1. The van der Waals surface area contributed by atoms with Crippen LogP contribution in [0.5, 0.6) is 0 Å². The molecule has 2 heterocycles. The van der Waals surface area contributed by atoms with E-state index in [2.05, 4.69) is 67.9 Å². The predicted octanol–water partition coefficient (Wildman–Crippen LogP) is 4.27. The van der Waals surface area contributed by atoms with Gasteiger partial charge in [0, 0.05) is 11.9 Å². The maximum absolute atomic E-state index is 4.56. The first kappa shape index (κ1) is 13.2. The molecule has 0 amide bonds. The lowest BCUT2D eigenvalue weighted by atomic mass is 10.1. The summed E-state index contributed by atoms with van der Waals surface area (Å²) < 4.78 is 2.98. The van der Waals surface area contributed by atoms with Gasteiger partial charge in [0.25, 0.3) is 0 Å². The van der Waals surface area contributed by atoms with Crippen LogP contribution >= 0.6 is 15.9 Å². The van der Waals surface area contributed by atoms with Crippen LogP contribution in [0.1, 0.15) is 18.3 Å². The van der Waals surface area contributed by atoms with E-state index in [-0.39, 0.29) is 0 Å². The van der Waals surface area contributed by atoms with Crippen LogP contribution in [0, 0.1) is 0 Å². The van der Waals surface area contributed by atoms with Crippen molar-refractivity contribution in [1.29, 1.82) is 0 Å². The molecular formula is C16H16BrN3. The van der Waals surface area contributed by atoms with Crippen LogP contribution in [0.15, 0.2) is 53.3 Å². The quantitative estimate of drug-likeness (QED) is 0.774. The van der Waals surface area contributed by atoms with E-state index in [1.54, 1.807) is 0 Å². The first-order valence-corrected chi connectivity index (χ1v) is 7.51. The van der Waals surface area contributed by atoms with Crippen LogP contribution in [-0.2, 0) is 13.0 Å². The average molecular weight is 330 g/mol. The van der Waals surface area contributed by atoms with E-state index < -0.39 is 0 Å². The lowest BCUT2D eigenvalue weighted by Gasteiger charge is -2.06. The molecule has 102 valence electrons. The number of nitrogens with one attached hydrogen (secondary N) is 1. The molecule has 3 nitrogen and oxygen atoms in total. The van der Waals surface area contributed by atoms with E-state index >= 15 is 0 Å². The van der Waals surface area contributed by atoms with Gasteiger partial charge < -0.3 is 9.72 Å². The Balaban J connectivity index is 1.79. The van der Waals surface area contributed by atoms with E-state index in [0.717, 1.165) is 28.1 Å². The Morgan fingerprint density at radius 1 is 1.15 bits per heavy atom. The summed E-state index contributed by atoms with van der Waals surface area (Å²) in [6.07, 6.45) is 3.10. The summed E-state index contributed by atoms with van der Waals surface area (Å²) in [5.41, 5.74) is 3.56. The summed E-state index contributed by atoms with van der Waals surface area (Å²) in [4.78, 5) is 4.56. The lowest BCUT2D eigenvalue weighted by Crippen LogP contribution is -2.03. The topological polar surface area (TPSA) is 29.3 Å². The number of imidazole rings is 1. The van der Waals surface area contributed by atoms with Gasteiger partial charge in [-0.1, -0.05) is 25.1 Å². The maximum Gasteiger partial charge on any atom is 0.134 e. The van der Waals surface area contributed by atoms with E-state index in [1.165, 1.54) is 5.56 Å². The molecule has 20 heavy (non-hydrogen) atoms. The Hall–Kier alpha value is -1.81. The first-order chi connectivity index (χ1) is 9.78. The Bertz CT molecular complexity index is 716. The second-order valence-corrected chi connectivity index (χ2v) is 5.43. The molecule has 0 spiro atoms. The third-order valence-corrected chi connectivity index (χ3v) is 3.97. The molecule has 0 radical (unpaired) electrons. The average Bonchev–Trinajstić information content (AvgIpc) is 2.83. The number of hydrogen-bond donors (Lipinski definition) is 1. The zero-order valence-corrected chi connectivity index (χ0v) is 12.9. The zero-order valence-electron chi connectivity index (χ0n) is 11.3. The monoisotopic (exact) mass is 329 g/mol. The Kier molecular flexibility index (Phi) is 3.74. The van der Waals surface area contributed by atoms with Gasteiger partial charge in [0.1, 0.15) is 10.4 Å². The van der Waals surface area contributed by atoms with Crippen LogP contribution in [0.2, 0.25) is 0 Å². The summed E-state index contributed by atoms with van der Waals surface area (Å²) in [6, 6.07) is 14.6. The summed E-state index contributed by atoms with van der Waals surface area (Å²) in [5, 5.41) is 3.41. The summed E-state index contributed by atoms with van der Waals surface area (Å²) in [5.74, 6) is 0.993. The van der Waals surface area contributed by atoms with Crippen molar-refractivity contribution in [3.8, 4) is 0 Å². The molecule has 1 aromatic carbocycles. The molecule has 4 heteroatoms. The molecule has 3 rings (SSSR count). The second kappa shape index (κ2) is 5.67. The maximum atomic E-state index is 4.56. The van der Waals surface area contributed by atoms with Crippen LogP contribution in [0.4, 0.5) is 5.69 Å². The molecule has 0 aliphatic rings. The number of anilines is 1. The Morgan fingerprint density at radius 2 is 1.95 bits per heavy atom. The van der Waals surface area contributed by atoms with Gasteiger partial charge in [-0.25, -0.2) is 4.98 Å². The van der Waals surface area contributed by atoms with Crippen molar-refractivity contribution < 1.29 is 0 Å². The normalized spacial score (nSPS) is 10.9. The van der Waals surface area contributed by atoms with Crippen molar-refractivity contribution in [2.24, 2.45) is 0 Å². The van der Waals surface area contributed by atoms with Crippen LogP contribution in [0.25, 0.3) is 5.52 Å². The number of halogens is 1. The van der Waals surface area contributed by atoms with E-state index in [1.807, 2.05) is 18.3 Å². The molecule has 0 atom stereocenters. The highest BCUT2D eigenvalue weighted by atomic mass is 79.9. The van der Waals surface area contributed by atoms with E-state index in [0.29, 0.717) is 6.54 Å². The Labute approximate surface area is 126 Å². The van der Waals surface area contributed by atoms with Gasteiger partial charge in [0.05, 0.1) is 12.1 Å². The van der Waals surface area contributed by atoms with Crippen molar-refractivity contribution >= 4 is 27.1 Å². The number of hydrogen-bond acceptors (Lipinski definition) is 2. The molecule has 0 saturated heterocycles. The SMILES string of the molecule is CCc1ccc(NCc2nc(Br)c3ccccn23)cc1. The van der Waals surface area contributed by atoms with Gasteiger partial charge in [0.2, 0.25) is 0 Å².